The van der Waals surface area contributed by atoms with Crippen LogP contribution in [0.1, 0.15) is 6.92 Å². The summed E-state index contributed by atoms with van der Waals surface area (Å²) in [7, 11) is -4.28. The Hall–Kier alpha value is -0.140. The molecule has 0 saturated heterocycles. The normalized spacial score (nSPS) is 11.4. The van der Waals surface area contributed by atoms with E-state index in [2.05, 4.69) is 11.3 Å². The maximum absolute atomic E-state index is 10.9. The van der Waals surface area contributed by atoms with Gasteiger partial charge in [-0.1, -0.05) is 12.7 Å². The van der Waals surface area contributed by atoms with Crippen molar-refractivity contribution >= 4 is 45.6 Å². The molecule has 14 heavy (non-hydrogen) atoms. The van der Waals surface area contributed by atoms with Crippen molar-refractivity contribution in [1.29, 1.82) is 0 Å². The van der Waals surface area contributed by atoms with Gasteiger partial charge in [0.05, 0.1) is 5.41 Å². The molecule has 0 aromatic heterocycles. The second-order valence-electron chi connectivity index (χ2n) is 2.20. The molecule has 0 amide bonds. The van der Waals surface area contributed by atoms with Gasteiger partial charge in [0.1, 0.15) is 6.61 Å². The Labute approximate surface area is 105 Å². The number of esters is 1. The Balaban J connectivity index is 0. The second kappa shape index (κ2) is 7.19. The molecule has 0 aliphatic rings. The summed E-state index contributed by atoms with van der Waals surface area (Å²) in [6.45, 7) is 4.52. The first-order valence-corrected chi connectivity index (χ1v) is 4.81. The first kappa shape index (κ1) is 16.3. The van der Waals surface area contributed by atoms with E-state index in [-0.39, 0.29) is 41.7 Å². The zero-order chi connectivity index (χ0) is 10.5. The predicted octanol–water partition coefficient (Wildman–Crippen LogP) is -0.141. The van der Waals surface area contributed by atoms with Gasteiger partial charge in [-0.05, 0) is 6.92 Å². The van der Waals surface area contributed by atoms with Crippen LogP contribution in [0.4, 0.5) is 0 Å². The molecule has 0 spiro atoms. The van der Waals surface area contributed by atoms with E-state index in [0.717, 1.165) is 0 Å². The van der Waals surface area contributed by atoms with Gasteiger partial charge in [-0.3, -0.25) is 4.55 Å². The molecule has 0 aromatic rings. The Morgan fingerprint density at radius 2 is 2.07 bits per heavy atom. The molecule has 76 valence electrons. The van der Waals surface area contributed by atoms with Crippen LogP contribution < -0.4 is 0 Å². The van der Waals surface area contributed by atoms with Crippen molar-refractivity contribution in [2.24, 2.45) is 0 Å². The molecular formula is C7H11NaO5S. The molecule has 0 fully saturated rings. The summed E-state index contributed by atoms with van der Waals surface area (Å²) in [5.41, 5.74) is -0.190. The number of ether oxygens (including phenoxy) is 1. The van der Waals surface area contributed by atoms with Gasteiger partial charge in [-0.15, -0.1) is 0 Å². The van der Waals surface area contributed by atoms with Crippen LogP contribution in [0.2, 0.25) is 0 Å². The van der Waals surface area contributed by atoms with E-state index in [9.17, 15) is 13.2 Å². The van der Waals surface area contributed by atoms with Gasteiger partial charge in [-0.25, -0.2) is 4.79 Å². The molecule has 0 rings (SSSR count). The molecule has 5 nitrogen and oxygen atoms in total. The minimum atomic E-state index is -4.28. The van der Waals surface area contributed by atoms with Gasteiger partial charge >= 0.3 is 35.5 Å². The third kappa shape index (κ3) is 8.46. The molecule has 0 unspecified atom stereocenters. The maximum atomic E-state index is 10.9. The Kier molecular flexibility index (Phi) is 8.37. The van der Waals surface area contributed by atoms with Crippen LogP contribution in [0.5, 0.6) is 0 Å². The molecule has 0 aliphatic carbocycles. The van der Waals surface area contributed by atoms with Crippen LogP contribution >= 0.6 is 0 Å². The molecule has 0 atom stereocenters. The quantitative estimate of drug-likeness (QED) is 0.239. The minimum absolute atomic E-state index is 0. The first-order chi connectivity index (χ1) is 5.87. The summed E-state index contributed by atoms with van der Waals surface area (Å²) in [6, 6.07) is 0. The van der Waals surface area contributed by atoms with Crippen LogP contribution in [0.25, 0.3) is 0 Å². The van der Waals surface area contributed by atoms with Crippen LogP contribution in [0, 0.1) is 0 Å². The van der Waals surface area contributed by atoms with Gasteiger partial charge in [0.2, 0.25) is 0 Å². The fourth-order valence-corrected chi connectivity index (χ4v) is 1.06. The van der Waals surface area contributed by atoms with Gasteiger partial charge in [0, 0.05) is 5.57 Å². The number of hydrogen-bond donors (Lipinski definition) is 1. The van der Waals surface area contributed by atoms with Crippen molar-refractivity contribution < 1.29 is 22.5 Å². The van der Waals surface area contributed by atoms with Crippen molar-refractivity contribution in [3.8, 4) is 0 Å². The molecule has 0 radical (unpaired) electrons. The van der Waals surface area contributed by atoms with E-state index in [4.69, 9.17) is 4.55 Å². The van der Waals surface area contributed by atoms with E-state index < -0.39 is 16.1 Å². The third-order valence-corrected chi connectivity index (χ3v) is 1.63. The van der Waals surface area contributed by atoms with Crippen molar-refractivity contribution in [3.63, 3.8) is 0 Å². The predicted molar refractivity (Wildman–Crippen MR) is 53.6 cm³/mol. The summed E-state index contributed by atoms with van der Waals surface area (Å²) in [6.07, 6.45) is 1.35. The third-order valence-electron chi connectivity index (χ3n) is 0.980. The van der Waals surface area contributed by atoms with Crippen LogP contribution in [-0.4, -0.2) is 55.1 Å². The van der Waals surface area contributed by atoms with E-state index in [1.165, 1.54) is 13.0 Å². The van der Waals surface area contributed by atoms with E-state index in [1.807, 2.05) is 0 Å². The van der Waals surface area contributed by atoms with Crippen LogP contribution in [0.3, 0.4) is 0 Å². The first-order valence-electron chi connectivity index (χ1n) is 3.30. The van der Waals surface area contributed by atoms with Crippen molar-refractivity contribution in [3.05, 3.63) is 23.6 Å². The van der Waals surface area contributed by atoms with E-state index in [1.54, 1.807) is 0 Å². The standard InChI is InChI=1S/C7H10O5S.Na.H/c1-3-4-12-7(8)6(2)5-13(9,10)11;;/h3,5H,1,4H2,2H3,(H,9,10,11);;. The summed E-state index contributed by atoms with van der Waals surface area (Å²) in [5.74, 6) is -0.808. The Morgan fingerprint density at radius 3 is 2.43 bits per heavy atom. The van der Waals surface area contributed by atoms with Crippen molar-refractivity contribution in [2.75, 3.05) is 6.61 Å². The number of carbonyl (C=O) groups excluding carboxylic acids is 1. The van der Waals surface area contributed by atoms with Crippen molar-refractivity contribution in [2.45, 2.75) is 6.92 Å². The Bertz CT molecular complexity index is 330. The second-order valence-corrected chi connectivity index (χ2v) is 3.47. The van der Waals surface area contributed by atoms with Gasteiger partial charge in [0.25, 0.3) is 10.1 Å². The van der Waals surface area contributed by atoms with Gasteiger partial charge in [-0.2, -0.15) is 8.42 Å². The van der Waals surface area contributed by atoms with E-state index >= 15 is 0 Å². The molecule has 0 heterocycles. The molecule has 0 saturated carbocycles. The molecule has 0 aromatic carbocycles. The molecule has 7 heteroatoms. The summed E-state index contributed by atoms with van der Waals surface area (Å²) in [5, 5.41) is 0.429. The zero-order valence-electron chi connectivity index (χ0n) is 7.06. The molecule has 0 aliphatic heterocycles. The van der Waals surface area contributed by atoms with Gasteiger partial charge in [0.15, 0.2) is 0 Å². The monoisotopic (exact) mass is 230 g/mol. The molecule has 1 N–H and O–H groups in total. The summed E-state index contributed by atoms with van der Waals surface area (Å²) >= 11 is 0. The fraction of sp³-hybridized carbons (Fsp3) is 0.286. The average Bonchev–Trinajstić information content (AvgIpc) is 1.96. The Morgan fingerprint density at radius 1 is 1.57 bits per heavy atom. The fourth-order valence-electron chi connectivity index (χ4n) is 0.520. The van der Waals surface area contributed by atoms with Crippen LogP contribution in [0.15, 0.2) is 23.6 Å². The zero-order valence-corrected chi connectivity index (χ0v) is 7.87. The summed E-state index contributed by atoms with van der Waals surface area (Å²) in [4.78, 5) is 10.9. The van der Waals surface area contributed by atoms with E-state index in [0.29, 0.717) is 5.41 Å². The average molecular weight is 230 g/mol. The number of rotatable bonds is 4. The number of hydrogen-bond acceptors (Lipinski definition) is 4. The molecular weight excluding hydrogens is 219 g/mol. The molecule has 0 bridgehead atoms. The SMILES string of the molecule is C=CCOC(=O)C(C)=CS(=O)(=O)O.[NaH]. The summed E-state index contributed by atoms with van der Waals surface area (Å²) < 4.78 is 33.4. The topological polar surface area (TPSA) is 80.7 Å². The van der Waals surface area contributed by atoms with Crippen molar-refractivity contribution in [1.82, 2.24) is 0 Å². The van der Waals surface area contributed by atoms with Crippen LogP contribution in [-0.2, 0) is 19.6 Å². The van der Waals surface area contributed by atoms with Gasteiger partial charge < -0.3 is 4.74 Å². The number of carbonyl (C=O) groups is 1.